The molecule has 2 saturated heterocycles. The molecule has 5 heteroatoms. The van der Waals surface area contributed by atoms with Gasteiger partial charge in [0.25, 0.3) is 0 Å². The fourth-order valence-corrected chi connectivity index (χ4v) is 4.61. The summed E-state index contributed by atoms with van der Waals surface area (Å²) in [7, 11) is 0. The van der Waals surface area contributed by atoms with Gasteiger partial charge in [0.2, 0.25) is 5.91 Å². The first kappa shape index (κ1) is 18.1. The van der Waals surface area contributed by atoms with Crippen LogP contribution in [0.4, 0.5) is 0 Å². The molecule has 2 aromatic heterocycles. The van der Waals surface area contributed by atoms with Gasteiger partial charge >= 0.3 is 0 Å². The highest BCUT2D eigenvalue weighted by atomic mass is 16.2. The lowest BCUT2D eigenvalue weighted by molar-refractivity contribution is -0.140. The van der Waals surface area contributed by atoms with Crippen LogP contribution < -0.4 is 0 Å². The molecule has 2 aliphatic rings. The number of nitrogens with zero attached hydrogens (tertiary/aromatic N) is 4. The van der Waals surface area contributed by atoms with Crippen LogP contribution in [-0.2, 0) is 17.9 Å². The van der Waals surface area contributed by atoms with Gasteiger partial charge in [-0.1, -0.05) is 12.1 Å². The molecule has 0 aliphatic carbocycles. The molecule has 1 spiro atoms. The van der Waals surface area contributed by atoms with Crippen molar-refractivity contribution >= 4 is 5.91 Å². The number of likely N-dealkylation sites (tertiary alicyclic amines) is 2. The molecular weight excluding hydrogens is 336 g/mol. The summed E-state index contributed by atoms with van der Waals surface area (Å²) in [6.07, 6.45) is 7.74. The number of aryl methyl sites for hydroxylation is 1. The second-order valence-corrected chi connectivity index (χ2v) is 8.15. The van der Waals surface area contributed by atoms with E-state index < -0.39 is 0 Å². The average Bonchev–Trinajstić information content (AvgIpc) is 2.68. The van der Waals surface area contributed by atoms with Crippen LogP contribution in [0.25, 0.3) is 0 Å². The highest BCUT2D eigenvalue weighted by molar-refractivity contribution is 5.77. The monoisotopic (exact) mass is 364 g/mol. The van der Waals surface area contributed by atoms with E-state index in [0.29, 0.717) is 13.0 Å². The number of carbonyl (C=O) groups excluding carboxylic acids is 1. The summed E-state index contributed by atoms with van der Waals surface area (Å²) in [5.74, 6) is 0.268. The molecule has 1 unspecified atom stereocenters. The standard InChI is InChI=1S/C22H28N4O/c1-18-6-4-12-24-20(18)15-25-13-5-9-22(16-25)10-8-21(27)26(17-22)14-19-7-2-3-11-23-19/h2-4,6-7,11-12H,5,8-10,13-17H2,1H3. The maximum absolute atomic E-state index is 12.5. The third kappa shape index (κ3) is 4.19. The lowest BCUT2D eigenvalue weighted by Crippen LogP contribution is -2.53. The lowest BCUT2D eigenvalue weighted by Gasteiger charge is -2.48. The molecule has 0 saturated carbocycles. The minimum atomic E-state index is 0.212. The van der Waals surface area contributed by atoms with Gasteiger partial charge in [0.15, 0.2) is 0 Å². The Morgan fingerprint density at radius 3 is 2.74 bits per heavy atom. The van der Waals surface area contributed by atoms with Gasteiger partial charge in [-0.25, -0.2) is 0 Å². The van der Waals surface area contributed by atoms with Crippen molar-refractivity contribution in [3.63, 3.8) is 0 Å². The number of carbonyl (C=O) groups is 1. The maximum atomic E-state index is 12.5. The number of hydrogen-bond donors (Lipinski definition) is 0. The van der Waals surface area contributed by atoms with E-state index in [2.05, 4.69) is 27.9 Å². The van der Waals surface area contributed by atoms with Crippen molar-refractivity contribution in [1.82, 2.24) is 19.8 Å². The van der Waals surface area contributed by atoms with Crippen molar-refractivity contribution in [3.8, 4) is 0 Å². The zero-order chi connectivity index (χ0) is 18.7. The normalized spacial score (nSPS) is 23.7. The highest BCUT2D eigenvalue weighted by Crippen LogP contribution is 2.39. The first-order chi connectivity index (χ1) is 13.1. The van der Waals surface area contributed by atoms with Gasteiger partial charge in [-0.3, -0.25) is 19.7 Å². The Morgan fingerprint density at radius 2 is 1.93 bits per heavy atom. The smallest absolute Gasteiger partial charge is 0.222 e. The van der Waals surface area contributed by atoms with Crippen molar-refractivity contribution in [3.05, 3.63) is 59.7 Å². The van der Waals surface area contributed by atoms with Gasteiger partial charge in [0.05, 0.1) is 17.9 Å². The molecule has 2 aliphatic heterocycles. The highest BCUT2D eigenvalue weighted by Gasteiger charge is 2.41. The van der Waals surface area contributed by atoms with Gasteiger partial charge in [0.1, 0.15) is 0 Å². The minimum absolute atomic E-state index is 0.212. The van der Waals surface area contributed by atoms with Crippen molar-refractivity contribution in [2.75, 3.05) is 19.6 Å². The quantitative estimate of drug-likeness (QED) is 0.836. The van der Waals surface area contributed by atoms with E-state index in [-0.39, 0.29) is 11.3 Å². The van der Waals surface area contributed by atoms with Crippen LogP contribution in [0.3, 0.4) is 0 Å². The van der Waals surface area contributed by atoms with Crippen LogP contribution in [0.5, 0.6) is 0 Å². The van der Waals surface area contributed by atoms with Gasteiger partial charge in [-0.2, -0.15) is 0 Å². The Bertz CT molecular complexity index is 794. The first-order valence-corrected chi connectivity index (χ1v) is 9.94. The van der Waals surface area contributed by atoms with E-state index in [1.54, 1.807) is 6.20 Å². The summed E-state index contributed by atoms with van der Waals surface area (Å²) in [5.41, 5.74) is 3.61. The van der Waals surface area contributed by atoms with Crippen molar-refractivity contribution in [1.29, 1.82) is 0 Å². The summed E-state index contributed by atoms with van der Waals surface area (Å²) in [6.45, 7) is 6.68. The van der Waals surface area contributed by atoms with Crippen molar-refractivity contribution < 1.29 is 4.79 Å². The fourth-order valence-electron chi connectivity index (χ4n) is 4.61. The Morgan fingerprint density at radius 1 is 1.04 bits per heavy atom. The van der Waals surface area contributed by atoms with Gasteiger partial charge in [-0.15, -0.1) is 0 Å². The Kier molecular flexibility index (Phi) is 5.21. The molecule has 142 valence electrons. The molecule has 1 amide bonds. The second-order valence-electron chi connectivity index (χ2n) is 8.15. The third-order valence-corrected chi connectivity index (χ3v) is 6.06. The zero-order valence-corrected chi connectivity index (χ0v) is 16.1. The van der Waals surface area contributed by atoms with E-state index in [0.717, 1.165) is 38.3 Å². The maximum Gasteiger partial charge on any atom is 0.222 e. The summed E-state index contributed by atoms with van der Waals surface area (Å²) < 4.78 is 0. The first-order valence-electron chi connectivity index (χ1n) is 9.94. The molecule has 4 rings (SSSR count). The van der Waals surface area contributed by atoms with Crippen LogP contribution in [-0.4, -0.2) is 45.3 Å². The largest absolute Gasteiger partial charge is 0.336 e. The van der Waals surface area contributed by atoms with Crippen LogP contribution in [0, 0.1) is 12.3 Å². The number of pyridine rings is 2. The number of hydrogen-bond acceptors (Lipinski definition) is 4. The molecule has 27 heavy (non-hydrogen) atoms. The number of piperidine rings is 2. The van der Waals surface area contributed by atoms with Crippen LogP contribution in [0.1, 0.15) is 42.6 Å². The van der Waals surface area contributed by atoms with Crippen molar-refractivity contribution in [2.24, 2.45) is 5.41 Å². The minimum Gasteiger partial charge on any atom is -0.336 e. The van der Waals surface area contributed by atoms with E-state index in [1.165, 1.54) is 24.1 Å². The molecule has 0 radical (unpaired) electrons. The molecule has 0 aromatic carbocycles. The second kappa shape index (κ2) is 7.77. The van der Waals surface area contributed by atoms with Crippen LogP contribution >= 0.6 is 0 Å². The molecule has 4 heterocycles. The van der Waals surface area contributed by atoms with Gasteiger partial charge in [-0.05, 0) is 56.5 Å². The summed E-state index contributed by atoms with van der Waals surface area (Å²) in [5, 5.41) is 0. The van der Waals surface area contributed by atoms with Gasteiger partial charge in [0, 0.05) is 43.9 Å². The molecule has 0 bridgehead atoms. The van der Waals surface area contributed by atoms with E-state index in [9.17, 15) is 4.79 Å². The number of aromatic nitrogens is 2. The van der Waals surface area contributed by atoms with Crippen LogP contribution in [0.2, 0.25) is 0 Å². The van der Waals surface area contributed by atoms with Crippen molar-refractivity contribution in [2.45, 2.75) is 45.7 Å². The third-order valence-electron chi connectivity index (χ3n) is 6.06. The van der Waals surface area contributed by atoms with E-state index >= 15 is 0 Å². The predicted molar refractivity (Wildman–Crippen MR) is 105 cm³/mol. The van der Waals surface area contributed by atoms with E-state index in [4.69, 9.17) is 0 Å². The molecule has 2 fully saturated rings. The predicted octanol–water partition coefficient (Wildman–Crippen LogP) is 3.19. The molecule has 2 aromatic rings. The Hall–Kier alpha value is -2.27. The summed E-state index contributed by atoms with van der Waals surface area (Å²) in [4.78, 5) is 26.1. The Balaban J connectivity index is 1.45. The summed E-state index contributed by atoms with van der Waals surface area (Å²) in [6, 6.07) is 10.0. The topological polar surface area (TPSA) is 49.3 Å². The Labute approximate surface area is 161 Å². The number of amides is 1. The SMILES string of the molecule is Cc1cccnc1CN1CCCC2(CCC(=O)N(Cc3ccccn3)C2)C1. The van der Waals surface area contributed by atoms with Crippen LogP contribution in [0.15, 0.2) is 42.7 Å². The lowest BCUT2D eigenvalue weighted by atomic mass is 9.73. The average molecular weight is 364 g/mol. The molecule has 0 N–H and O–H groups in total. The summed E-state index contributed by atoms with van der Waals surface area (Å²) >= 11 is 0. The molecule has 5 nitrogen and oxygen atoms in total. The van der Waals surface area contributed by atoms with Gasteiger partial charge < -0.3 is 4.90 Å². The fraction of sp³-hybridized carbons (Fsp3) is 0.500. The molecular formula is C22H28N4O. The zero-order valence-electron chi connectivity index (χ0n) is 16.1. The number of rotatable bonds is 4. The molecule has 1 atom stereocenters. The van der Waals surface area contributed by atoms with E-state index in [1.807, 2.05) is 35.4 Å².